The molecular formula is C18H15ClN4O2S. The summed E-state index contributed by atoms with van der Waals surface area (Å²) in [4.78, 5) is 0. The Balaban J connectivity index is 1.45. The first-order chi connectivity index (χ1) is 12.8. The van der Waals surface area contributed by atoms with Gasteiger partial charge >= 0.3 is 0 Å². The average molecular weight is 387 g/mol. The third kappa shape index (κ3) is 4.00. The van der Waals surface area contributed by atoms with Crippen LogP contribution in [0.4, 0.5) is 0 Å². The smallest absolute Gasteiger partial charge is 0.212 e. The lowest BCUT2D eigenvalue weighted by molar-refractivity contribution is 0.171. The van der Waals surface area contributed by atoms with Gasteiger partial charge in [0.15, 0.2) is 11.5 Å². The Kier molecular flexibility index (Phi) is 5.08. The molecule has 6 nitrogen and oxygen atoms in total. The van der Waals surface area contributed by atoms with Crippen molar-refractivity contribution >= 4 is 29.6 Å². The molecule has 0 unspecified atom stereocenters. The summed E-state index contributed by atoms with van der Waals surface area (Å²) in [6, 6.07) is 13.5. The minimum atomic E-state index is 0.560. The van der Waals surface area contributed by atoms with Crippen LogP contribution in [0.5, 0.6) is 11.5 Å². The SMILES string of the molecule is Clc1ccc(CSc2nncn2/N=C/c2ccc3c(c2)OCCO3)cc1. The van der Waals surface area contributed by atoms with Gasteiger partial charge in [-0.2, -0.15) is 9.78 Å². The highest BCUT2D eigenvalue weighted by molar-refractivity contribution is 7.98. The molecular weight excluding hydrogens is 372 g/mol. The van der Waals surface area contributed by atoms with Crippen molar-refractivity contribution in [3.63, 3.8) is 0 Å². The lowest BCUT2D eigenvalue weighted by Crippen LogP contribution is -2.15. The van der Waals surface area contributed by atoms with E-state index in [0.717, 1.165) is 33.4 Å². The summed E-state index contributed by atoms with van der Waals surface area (Å²) in [5.74, 6) is 2.26. The number of aromatic nitrogens is 3. The monoisotopic (exact) mass is 386 g/mol. The van der Waals surface area contributed by atoms with E-state index in [1.807, 2.05) is 42.5 Å². The molecule has 1 aliphatic heterocycles. The van der Waals surface area contributed by atoms with Crippen LogP contribution in [0, 0.1) is 0 Å². The zero-order valence-corrected chi connectivity index (χ0v) is 15.3. The molecule has 0 fully saturated rings. The Bertz CT molecular complexity index is 927. The molecule has 1 aliphatic rings. The van der Waals surface area contributed by atoms with Crippen LogP contribution in [0.15, 0.2) is 59.0 Å². The molecule has 2 aromatic carbocycles. The second-order valence-electron chi connectivity index (χ2n) is 5.52. The van der Waals surface area contributed by atoms with E-state index in [0.29, 0.717) is 18.4 Å². The second kappa shape index (κ2) is 7.80. The predicted octanol–water partition coefficient (Wildman–Crippen LogP) is 3.88. The molecule has 0 atom stereocenters. The molecule has 132 valence electrons. The Hall–Kier alpha value is -2.51. The number of hydrogen-bond acceptors (Lipinski definition) is 6. The van der Waals surface area contributed by atoms with Crippen molar-refractivity contribution in [2.75, 3.05) is 13.2 Å². The highest BCUT2D eigenvalue weighted by Gasteiger charge is 2.11. The largest absolute Gasteiger partial charge is 0.486 e. The Morgan fingerprint density at radius 3 is 2.77 bits per heavy atom. The number of thioether (sulfide) groups is 1. The summed E-state index contributed by atoms with van der Waals surface area (Å²) in [5.41, 5.74) is 2.07. The van der Waals surface area contributed by atoms with Gasteiger partial charge in [0, 0.05) is 10.8 Å². The number of benzene rings is 2. The fraction of sp³-hybridized carbons (Fsp3) is 0.167. The van der Waals surface area contributed by atoms with Crippen LogP contribution < -0.4 is 9.47 Å². The lowest BCUT2D eigenvalue weighted by Gasteiger charge is -2.18. The fourth-order valence-electron chi connectivity index (χ4n) is 2.39. The minimum absolute atomic E-state index is 0.560. The first-order valence-corrected chi connectivity index (χ1v) is 9.35. The Morgan fingerprint density at radius 2 is 1.92 bits per heavy atom. The zero-order chi connectivity index (χ0) is 17.8. The molecule has 0 bridgehead atoms. The Morgan fingerprint density at radius 1 is 1.12 bits per heavy atom. The van der Waals surface area contributed by atoms with Gasteiger partial charge < -0.3 is 9.47 Å². The van der Waals surface area contributed by atoms with Gasteiger partial charge in [-0.3, -0.25) is 0 Å². The van der Waals surface area contributed by atoms with Crippen molar-refractivity contribution in [2.45, 2.75) is 10.9 Å². The maximum atomic E-state index is 5.91. The maximum Gasteiger partial charge on any atom is 0.212 e. The van der Waals surface area contributed by atoms with E-state index in [2.05, 4.69) is 15.3 Å². The summed E-state index contributed by atoms with van der Waals surface area (Å²) < 4.78 is 12.8. The summed E-state index contributed by atoms with van der Waals surface area (Å²) in [6.45, 7) is 1.14. The molecule has 0 saturated heterocycles. The normalized spacial score (nSPS) is 13.3. The molecule has 3 aromatic rings. The van der Waals surface area contributed by atoms with Gasteiger partial charge in [-0.25, -0.2) is 0 Å². The van der Waals surface area contributed by atoms with Crippen molar-refractivity contribution in [2.24, 2.45) is 5.10 Å². The number of hydrogen-bond donors (Lipinski definition) is 0. The van der Waals surface area contributed by atoms with Gasteiger partial charge in [-0.1, -0.05) is 35.5 Å². The van der Waals surface area contributed by atoms with Crippen LogP contribution in [0.2, 0.25) is 5.02 Å². The molecule has 0 aliphatic carbocycles. The second-order valence-corrected chi connectivity index (χ2v) is 6.90. The van der Waals surface area contributed by atoms with Crippen LogP contribution in [0.3, 0.4) is 0 Å². The van der Waals surface area contributed by atoms with E-state index < -0.39 is 0 Å². The van der Waals surface area contributed by atoms with E-state index >= 15 is 0 Å². The predicted molar refractivity (Wildman–Crippen MR) is 101 cm³/mol. The topological polar surface area (TPSA) is 61.5 Å². The van der Waals surface area contributed by atoms with E-state index in [1.54, 1.807) is 29.0 Å². The number of halogens is 1. The summed E-state index contributed by atoms with van der Waals surface area (Å²) in [7, 11) is 0. The molecule has 0 radical (unpaired) electrons. The third-order valence-electron chi connectivity index (χ3n) is 3.68. The molecule has 4 rings (SSSR count). The summed E-state index contributed by atoms with van der Waals surface area (Å²) in [5, 5.41) is 14.0. The third-order valence-corrected chi connectivity index (χ3v) is 4.94. The minimum Gasteiger partial charge on any atom is -0.486 e. The first kappa shape index (κ1) is 16.9. The molecule has 1 aromatic heterocycles. The molecule has 2 heterocycles. The number of nitrogens with zero attached hydrogens (tertiary/aromatic N) is 4. The summed E-state index contributed by atoms with van der Waals surface area (Å²) in [6.07, 6.45) is 3.33. The number of ether oxygens (including phenoxy) is 2. The van der Waals surface area contributed by atoms with Crippen molar-refractivity contribution in [1.29, 1.82) is 0 Å². The summed E-state index contributed by atoms with van der Waals surface area (Å²) >= 11 is 7.47. The Labute approximate surface area is 159 Å². The van der Waals surface area contributed by atoms with Gasteiger partial charge in [0.25, 0.3) is 0 Å². The van der Waals surface area contributed by atoms with E-state index in [1.165, 1.54) is 0 Å². The highest BCUT2D eigenvalue weighted by Crippen LogP contribution is 2.30. The van der Waals surface area contributed by atoms with Crippen LogP contribution in [0.1, 0.15) is 11.1 Å². The van der Waals surface area contributed by atoms with Crippen LogP contribution in [0.25, 0.3) is 0 Å². The van der Waals surface area contributed by atoms with Crippen molar-refractivity contribution in [3.8, 4) is 11.5 Å². The van der Waals surface area contributed by atoms with Crippen molar-refractivity contribution in [1.82, 2.24) is 14.9 Å². The van der Waals surface area contributed by atoms with Gasteiger partial charge in [0.2, 0.25) is 5.16 Å². The fourth-order valence-corrected chi connectivity index (χ4v) is 3.34. The van der Waals surface area contributed by atoms with Gasteiger partial charge in [0.1, 0.15) is 19.5 Å². The molecule has 0 spiro atoms. The quantitative estimate of drug-likeness (QED) is 0.492. The van der Waals surface area contributed by atoms with Gasteiger partial charge in [-0.05, 0) is 41.5 Å². The van der Waals surface area contributed by atoms with Gasteiger partial charge in [-0.15, -0.1) is 10.2 Å². The molecule has 26 heavy (non-hydrogen) atoms. The standard InChI is InChI=1S/C18H15ClN4O2S/c19-15-4-1-13(2-5-15)11-26-18-22-20-12-23(18)21-10-14-3-6-16-17(9-14)25-8-7-24-16/h1-6,9-10,12H,7-8,11H2/b21-10+. The molecule has 0 N–H and O–H groups in total. The molecule has 0 amide bonds. The van der Waals surface area contributed by atoms with Crippen LogP contribution >= 0.6 is 23.4 Å². The molecule has 0 saturated carbocycles. The van der Waals surface area contributed by atoms with Crippen LogP contribution in [-0.4, -0.2) is 34.3 Å². The lowest BCUT2D eigenvalue weighted by atomic mass is 10.2. The zero-order valence-electron chi connectivity index (χ0n) is 13.7. The number of rotatable bonds is 5. The van der Waals surface area contributed by atoms with Crippen molar-refractivity contribution in [3.05, 3.63) is 64.9 Å². The van der Waals surface area contributed by atoms with Gasteiger partial charge in [0.05, 0.1) is 6.21 Å². The maximum absolute atomic E-state index is 5.91. The van der Waals surface area contributed by atoms with E-state index in [9.17, 15) is 0 Å². The van der Waals surface area contributed by atoms with Crippen LogP contribution in [-0.2, 0) is 5.75 Å². The highest BCUT2D eigenvalue weighted by atomic mass is 35.5. The number of fused-ring (bicyclic) bond motifs is 1. The molecule has 8 heteroatoms. The average Bonchev–Trinajstić information content (AvgIpc) is 3.13. The van der Waals surface area contributed by atoms with Crippen molar-refractivity contribution < 1.29 is 9.47 Å². The van der Waals surface area contributed by atoms with E-state index in [4.69, 9.17) is 21.1 Å². The first-order valence-electron chi connectivity index (χ1n) is 7.99. The van der Waals surface area contributed by atoms with E-state index in [-0.39, 0.29) is 0 Å².